The minimum absolute atomic E-state index is 0.307. The lowest BCUT2D eigenvalue weighted by molar-refractivity contribution is -0.131. The highest BCUT2D eigenvalue weighted by atomic mass is 35.5. The molecule has 0 N–H and O–H groups in total. The van der Waals surface area contributed by atoms with Gasteiger partial charge < -0.3 is 9.30 Å². The molecule has 0 saturated carbocycles. The quantitative estimate of drug-likeness (QED) is 0.833. The molecule has 0 bridgehead atoms. The zero-order valence-corrected chi connectivity index (χ0v) is 15.0. The van der Waals surface area contributed by atoms with Crippen LogP contribution in [0.15, 0.2) is 24.5 Å². The third kappa shape index (κ3) is 4.28. The summed E-state index contributed by atoms with van der Waals surface area (Å²) in [5, 5.41) is 0.711. The van der Waals surface area contributed by atoms with E-state index in [9.17, 15) is 4.79 Å². The summed E-state index contributed by atoms with van der Waals surface area (Å²) in [6.07, 6.45) is 7.69. The minimum atomic E-state index is 0.307. The third-order valence-electron chi connectivity index (χ3n) is 4.54. The minimum Gasteiger partial charge on any atom is -0.341 e. The van der Waals surface area contributed by atoms with Crippen LogP contribution >= 0.6 is 11.6 Å². The summed E-state index contributed by atoms with van der Waals surface area (Å²) >= 11 is 6.03. The van der Waals surface area contributed by atoms with Gasteiger partial charge in [0, 0.05) is 51.5 Å². The van der Waals surface area contributed by atoms with E-state index in [0.717, 1.165) is 63.3 Å². The number of pyridine rings is 1. The van der Waals surface area contributed by atoms with Gasteiger partial charge in [0.15, 0.2) is 0 Å². The lowest BCUT2D eigenvalue weighted by Gasteiger charge is -2.21. The van der Waals surface area contributed by atoms with Crippen molar-refractivity contribution in [2.24, 2.45) is 0 Å². The molecule has 2 aromatic rings. The van der Waals surface area contributed by atoms with Gasteiger partial charge in [-0.25, -0.2) is 4.98 Å². The van der Waals surface area contributed by atoms with Gasteiger partial charge in [-0.1, -0.05) is 24.9 Å². The first-order valence-electron chi connectivity index (χ1n) is 8.79. The molecule has 0 aromatic carbocycles. The van der Waals surface area contributed by atoms with E-state index in [1.165, 1.54) is 0 Å². The third-order valence-corrected chi connectivity index (χ3v) is 4.76. The molecular weight excluding hydrogens is 324 g/mol. The summed E-state index contributed by atoms with van der Waals surface area (Å²) in [5.41, 5.74) is 1.96. The van der Waals surface area contributed by atoms with Gasteiger partial charge >= 0.3 is 0 Å². The maximum atomic E-state index is 12.2. The molecule has 1 saturated heterocycles. The molecule has 3 heterocycles. The average molecular weight is 349 g/mol. The van der Waals surface area contributed by atoms with Gasteiger partial charge in [-0.2, -0.15) is 0 Å². The fraction of sp³-hybridized carbons (Fsp3) is 0.556. The van der Waals surface area contributed by atoms with Crippen LogP contribution in [0.2, 0.25) is 5.02 Å². The van der Waals surface area contributed by atoms with E-state index >= 15 is 0 Å². The first-order valence-corrected chi connectivity index (χ1v) is 9.17. The molecule has 2 aromatic heterocycles. The molecule has 0 aliphatic carbocycles. The normalized spacial score (nSPS) is 16.5. The SMILES string of the molecule is CCCCC(=O)N1CCCN(Cc2cn3cc(Cl)ccc3n2)CC1. The molecule has 0 atom stereocenters. The van der Waals surface area contributed by atoms with Crippen LogP contribution in [-0.2, 0) is 11.3 Å². The van der Waals surface area contributed by atoms with E-state index in [4.69, 9.17) is 11.6 Å². The highest BCUT2D eigenvalue weighted by molar-refractivity contribution is 6.30. The number of rotatable bonds is 5. The van der Waals surface area contributed by atoms with Crippen LogP contribution in [0.1, 0.15) is 38.3 Å². The largest absolute Gasteiger partial charge is 0.341 e. The topological polar surface area (TPSA) is 40.9 Å². The zero-order valence-electron chi connectivity index (χ0n) is 14.2. The Morgan fingerprint density at radius 1 is 1.21 bits per heavy atom. The number of carbonyl (C=O) groups excluding carboxylic acids is 1. The maximum absolute atomic E-state index is 12.2. The summed E-state index contributed by atoms with van der Waals surface area (Å²) in [7, 11) is 0. The van der Waals surface area contributed by atoms with Crippen LogP contribution in [0.25, 0.3) is 5.65 Å². The predicted octanol–water partition coefficient (Wildman–Crippen LogP) is 3.21. The Hall–Kier alpha value is -1.59. The van der Waals surface area contributed by atoms with Gasteiger partial charge in [0.25, 0.3) is 0 Å². The van der Waals surface area contributed by atoms with E-state index in [-0.39, 0.29) is 0 Å². The summed E-state index contributed by atoms with van der Waals surface area (Å²) in [5.74, 6) is 0.307. The smallest absolute Gasteiger partial charge is 0.222 e. The molecule has 3 rings (SSSR count). The van der Waals surface area contributed by atoms with Crippen molar-refractivity contribution >= 4 is 23.2 Å². The average Bonchev–Trinajstić information content (AvgIpc) is 2.80. The number of aromatic nitrogens is 2. The van der Waals surface area contributed by atoms with Gasteiger partial charge in [0.1, 0.15) is 5.65 Å². The van der Waals surface area contributed by atoms with Gasteiger partial charge in [-0.05, 0) is 25.0 Å². The Morgan fingerprint density at radius 2 is 2.08 bits per heavy atom. The van der Waals surface area contributed by atoms with E-state index in [2.05, 4.69) is 16.8 Å². The maximum Gasteiger partial charge on any atom is 0.222 e. The molecule has 1 fully saturated rings. The molecule has 1 aliphatic rings. The highest BCUT2D eigenvalue weighted by Crippen LogP contribution is 2.14. The van der Waals surface area contributed by atoms with Crippen molar-refractivity contribution in [3.05, 3.63) is 35.2 Å². The van der Waals surface area contributed by atoms with Crippen molar-refractivity contribution in [3.8, 4) is 0 Å². The predicted molar refractivity (Wildman–Crippen MR) is 96.2 cm³/mol. The zero-order chi connectivity index (χ0) is 16.9. The van der Waals surface area contributed by atoms with Gasteiger partial charge in [-0.3, -0.25) is 9.69 Å². The second-order valence-electron chi connectivity index (χ2n) is 6.46. The van der Waals surface area contributed by atoms with Crippen molar-refractivity contribution in [1.29, 1.82) is 0 Å². The number of halogens is 1. The summed E-state index contributed by atoms with van der Waals surface area (Å²) < 4.78 is 1.97. The Kier molecular flexibility index (Phi) is 5.74. The van der Waals surface area contributed by atoms with Crippen molar-refractivity contribution in [2.45, 2.75) is 39.2 Å². The number of nitrogens with zero attached hydrogens (tertiary/aromatic N) is 4. The molecule has 130 valence electrons. The van der Waals surface area contributed by atoms with Crippen LogP contribution in [0.4, 0.5) is 0 Å². The van der Waals surface area contributed by atoms with Crippen LogP contribution in [0, 0.1) is 0 Å². The van der Waals surface area contributed by atoms with E-state index in [1.54, 1.807) is 0 Å². The summed E-state index contributed by atoms with van der Waals surface area (Å²) in [6.45, 7) is 6.55. The molecule has 6 heteroatoms. The Labute approximate surface area is 148 Å². The lowest BCUT2D eigenvalue weighted by Crippen LogP contribution is -2.34. The highest BCUT2D eigenvalue weighted by Gasteiger charge is 2.19. The molecule has 0 unspecified atom stereocenters. The van der Waals surface area contributed by atoms with Crippen molar-refractivity contribution < 1.29 is 4.79 Å². The molecule has 1 amide bonds. The van der Waals surface area contributed by atoms with Crippen LogP contribution in [0.3, 0.4) is 0 Å². The Bertz CT molecular complexity index is 699. The number of carbonyl (C=O) groups is 1. The fourth-order valence-electron chi connectivity index (χ4n) is 3.19. The lowest BCUT2D eigenvalue weighted by atomic mass is 10.2. The second kappa shape index (κ2) is 7.99. The first-order chi connectivity index (χ1) is 11.7. The van der Waals surface area contributed by atoms with Crippen LogP contribution in [-0.4, -0.2) is 51.3 Å². The standard InChI is InChI=1S/C18H25ClN4O/c1-2-3-5-18(24)22-9-4-8-21(10-11-22)13-16-14-23-12-15(19)6-7-17(23)20-16/h6-7,12,14H,2-5,8-11,13H2,1H3. The van der Waals surface area contributed by atoms with Crippen molar-refractivity contribution in [3.63, 3.8) is 0 Å². The molecule has 0 spiro atoms. The Balaban J connectivity index is 1.58. The molecule has 5 nitrogen and oxygen atoms in total. The van der Waals surface area contributed by atoms with E-state index in [0.29, 0.717) is 17.4 Å². The number of hydrogen-bond donors (Lipinski definition) is 0. The van der Waals surface area contributed by atoms with Gasteiger partial charge in [0.2, 0.25) is 5.91 Å². The van der Waals surface area contributed by atoms with Crippen molar-refractivity contribution in [1.82, 2.24) is 19.2 Å². The molecule has 1 aliphatic heterocycles. The number of imidazole rings is 1. The number of hydrogen-bond acceptors (Lipinski definition) is 3. The number of amides is 1. The van der Waals surface area contributed by atoms with Crippen LogP contribution in [0.5, 0.6) is 0 Å². The second-order valence-corrected chi connectivity index (χ2v) is 6.90. The van der Waals surface area contributed by atoms with E-state index < -0.39 is 0 Å². The Morgan fingerprint density at radius 3 is 2.92 bits per heavy atom. The summed E-state index contributed by atoms with van der Waals surface area (Å²) in [4.78, 5) is 21.3. The monoisotopic (exact) mass is 348 g/mol. The first kappa shape index (κ1) is 17.2. The fourth-order valence-corrected chi connectivity index (χ4v) is 3.36. The number of fused-ring (bicyclic) bond motifs is 1. The number of unbranched alkanes of at least 4 members (excludes halogenated alkanes) is 1. The molecule has 24 heavy (non-hydrogen) atoms. The molecule has 0 radical (unpaired) electrons. The van der Waals surface area contributed by atoms with E-state index in [1.807, 2.05) is 33.8 Å². The van der Waals surface area contributed by atoms with Gasteiger partial charge in [-0.15, -0.1) is 0 Å². The summed E-state index contributed by atoms with van der Waals surface area (Å²) in [6, 6.07) is 3.79. The van der Waals surface area contributed by atoms with Crippen LogP contribution < -0.4 is 0 Å². The molecular formula is C18H25ClN4O. The van der Waals surface area contributed by atoms with Crippen molar-refractivity contribution in [2.75, 3.05) is 26.2 Å². The van der Waals surface area contributed by atoms with Gasteiger partial charge in [0.05, 0.1) is 10.7 Å².